The Bertz CT molecular complexity index is 561. The van der Waals surface area contributed by atoms with Crippen molar-refractivity contribution in [3.63, 3.8) is 0 Å². The average molecular weight is 452 g/mol. The molecule has 1 fully saturated rings. The van der Waals surface area contributed by atoms with Crippen LogP contribution < -0.4 is 10.2 Å². The van der Waals surface area contributed by atoms with E-state index in [4.69, 9.17) is 0 Å². The van der Waals surface area contributed by atoms with Crippen molar-refractivity contribution in [1.29, 1.82) is 0 Å². The fourth-order valence-corrected chi connectivity index (χ4v) is 6.69. The van der Waals surface area contributed by atoms with Gasteiger partial charge in [0.1, 0.15) is 0 Å². The van der Waals surface area contributed by atoms with Crippen LogP contribution in [0.1, 0.15) is 53.9 Å². The fraction of sp³-hybridized carbons (Fsp3) is 0.895. The Labute approximate surface area is 179 Å². The number of nitrogens with one attached hydrogen (secondary N) is 2. The summed E-state index contributed by atoms with van der Waals surface area (Å²) < 4.78 is 13.3. The van der Waals surface area contributed by atoms with E-state index < -0.39 is 7.44 Å². The Morgan fingerprint density at radius 1 is 1.11 bits per heavy atom. The number of rotatable bonds is 14. The first-order valence-corrected chi connectivity index (χ1v) is 14.3. The normalized spacial score (nSPS) is 21.0. The van der Waals surface area contributed by atoms with Gasteiger partial charge in [-0.2, -0.15) is 11.8 Å². The lowest BCUT2D eigenvalue weighted by Crippen LogP contribution is -2.38. The predicted molar refractivity (Wildman–Crippen MR) is 123 cm³/mol. The summed E-state index contributed by atoms with van der Waals surface area (Å²) in [4.78, 5) is 26.0. The second kappa shape index (κ2) is 12.6. The van der Waals surface area contributed by atoms with Gasteiger partial charge < -0.3 is 0 Å². The van der Waals surface area contributed by atoms with Gasteiger partial charge in [0, 0.05) is 37.5 Å². The van der Waals surface area contributed by atoms with E-state index in [1.807, 2.05) is 13.8 Å². The molecule has 0 saturated carbocycles. The molecule has 0 bridgehead atoms. The molecule has 3 unspecified atom stereocenters. The van der Waals surface area contributed by atoms with E-state index in [2.05, 4.69) is 37.2 Å². The van der Waals surface area contributed by atoms with E-state index in [9.17, 15) is 14.2 Å². The Balaban J connectivity index is 2.59. The van der Waals surface area contributed by atoms with Gasteiger partial charge in [-0.05, 0) is 30.3 Å². The zero-order valence-corrected chi connectivity index (χ0v) is 20.7. The number of likely N-dealkylation sites (tertiary alicyclic amines) is 1. The number of carbonyl (C=O) groups excluding carboxylic acids is 2. The van der Waals surface area contributed by atoms with E-state index >= 15 is 0 Å². The summed E-state index contributed by atoms with van der Waals surface area (Å²) in [5.74, 6) is 0.314. The molecule has 0 aromatic carbocycles. The van der Waals surface area contributed by atoms with Gasteiger partial charge >= 0.3 is 0 Å². The zero-order chi connectivity index (χ0) is 21.3. The highest BCUT2D eigenvalue weighted by molar-refractivity contribution is 8.01. The molecule has 0 aromatic heterocycles. The molecular weight excluding hydrogens is 413 g/mol. The molecule has 1 heterocycles. The summed E-state index contributed by atoms with van der Waals surface area (Å²) in [6.07, 6.45) is 4.72. The second-order valence-electron chi connectivity index (χ2n) is 8.06. The molecule has 0 spiro atoms. The third kappa shape index (κ3) is 9.21. The van der Waals surface area contributed by atoms with Crippen molar-refractivity contribution in [2.75, 3.05) is 32.1 Å². The first-order valence-electron chi connectivity index (χ1n) is 10.2. The highest BCUT2D eigenvalue weighted by Crippen LogP contribution is 2.38. The molecule has 1 aliphatic heterocycles. The number of hydrogen-bond acceptors (Lipinski definition) is 5. The molecule has 2 N–H and O–H groups in total. The van der Waals surface area contributed by atoms with Crippen LogP contribution in [0.5, 0.6) is 0 Å². The molecule has 2 amide bonds. The van der Waals surface area contributed by atoms with Crippen molar-refractivity contribution in [3.8, 4) is 0 Å². The lowest BCUT2D eigenvalue weighted by Gasteiger charge is -2.24. The van der Waals surface area contributed by atoms with Gasteiger partial charge in [0.05, 0.1) is 5.25 Å². The minimum Gasteiger partial charge on any atom is -0.289 e. The van der Waals surface area contributed by atoms with Crippen molar-refractivity contribution in [3.05, 3.63) is 0 Å². The molecule has 0 aliphatic carbocycles. The van der Waals surface area contributed by atoms with Crippen LogP contribution in [0.4, 0.5) is 0 Å². The van der Waals surface area contributed by atoms with E-state index in [0.717, 1.165) is 12.8 Å². The quantitative estimate of drug-likeness (QED) is 0.307. The van der Waals surface area contributed by atoms with Gasteiger partial charge in [0.2, 0.25) is 19.3 Å². The standard InChI is InChI=1S/C19H38N3O3PS2/c1-14(2)7-9-20-26(25,12-8-16(5)27-6)21-10-11-22-18(23)13-17(19(22)24)28-15(3)4/h14-17H,7-13H2,1-6H3,(H2,20,21,25). The number of imide groups is 1. The smallest absolute Gasteiger partial charge is 0.242 e. The van der Waals surface area contributed by atoms with Gasteiger partial charge in [-0.25, -0.2) is 0 Å². The van der Waals surface area contributed by atoms with E-state index in [1.165, 1.54) is 4.90 Å². The second-order valence-corrected chi connectivity index (χ2v) is 13.7. The summed E-state index contributed by atoms with van der Waals surface area (Å²) >= 11 is 3.31. The van der Waals surface area contributed by atoms with Crippen molar-refractivity contribution in [2.45, 2.75) is 69.6 Å². The van der Waals surface area contributed by atoms with Crippen LogP contribution in [-0.2, 0) is 14.2 Å². The molecule has 164 valence electrons. The Hall–Kier alpha value is -0.0100. The lowest BCUT2D eigenvalue weighted by atomic mass is 10.1. The van der Waals surface area contributed by atoms with Crippen LogP contribution in [0.25, 0.3) is 0 Å². The molecule has 3 atom stereocenters. The number of carbonyl (C=O) groups is 2. The summed E-state index contributed by atoms with van der Waals surface area (Å²) in [5, 5.41) is 6.87. The highest BCUT2D eigenvalue weighted by atomic mass is 32.2. The molecule has 0 radical (unpaired) electrons. The topological polar surface area (TPSA) is 78.5 Å². The Kier molecular flexibility index (Phi) is 11.7. The van der Waals surface area contributed by atoms with Crippen LogP contribution in [0.15, 0.2) is 0 Å². The maximum Gasteiger partial charge on any atom is 0.242 e. The van der Waals surface area contributed by atoms with Gasteiger partial charge in [-0.3, -0.25) is 29.2 Å². The Morgan fingerprint density at radius 3 is 2.32 bits per heavy atom. The first kappa shape index (κ1) is 26.0. The Morgan fingerprint density at radius 2 is 1.75 bits per heavy atom. The number of nitrogens with zero attached hydrogens (tertiary/aromatic N) is 1. The predicted octanol–water partition coefficient (Wildman–Crippen LogP) is 3.82. The molecule has 0 aromatic rings. The SMILES string of the molecule is CSC(C)CCP(=O)(NCCC(C)C)NCCN1C(=O)CC(SC(C)C)C1=O. The average Bonchev–Trinajstić information content (AvgIpc) is 2.86. The van der Waals surface area contributed by atoms with Crippen molar-refractivity contribution < 1.29 is 14.2 Å². The van der Waals surface area contributed by atoms with Crippen LogP contribution in [-0.4, -0.2) is 64.5 Å². The number of amides is 2. The zero-order valence-electron chi connectivity index (χ0n) is 18.2. The van der Waals surface area contributed by atoms with Gasteiger partial charge in [0.15, 0.2) is 0 Å². The molecular formula is C19H38N3O3PS2. The van der Waals surface area contributed by atoms with E-state index in [1.54, 1.807) is 23.5 Å². The van der Waals surface area contributed by atoms with Crippen molar-refractivity contribution >= 4 is 42.8 Å². The maximum atomic E-state index is 13.3. The van der Waals surface area contributed by atoms with Crippen LogP contribution in [0, 0.1) is 5.92 Å². The monoisotopic (exact) mass is 451 g/mol. The van der Waals surface area contributed by atoms with Crippen LogP contribution in [0.2, 0.25) is 0 Å². The molecule has 9 heteroatoms. The summed E-state index contributed by atoms with van der Waals surface area (Å²) in [6, 6.07) is 0. The van der Waals surface area contributed by atoms with Crippen LogP contribution >= 0.6 is 31.0 Å². The third-order valence-corrected chi connectivity index (χ3v) is 9.32. The summed E-state index contributed by atoms with van der Waals surface area (Å²) in [5.41, 5.74) is 0. The molecule has 1 rings (SSSR count). The maximum absolute atomic E-state index is 13.3. The minimum atomic E-state index is -2.74. The minimum absolute atomic E-state index is 0.107. The number of hydrogen-bond donors (Lipinski definition) is 2. The fourth-order valence-electron chi connectivity index (χ4n) is 2.89. The molecule has 1 aliphatic rings. The van der Waals surface area contributed by atoms with Crippen molar-refractivity contribution in [2.24, 2.45) is 5.92 Å². The highest BCUT2D eigenvalue weighted by Gasteiger charge is 2.39. The molecule has 6 nitrogen and oxygen atoms in total. The van der Waals surface area contributed by atoms with Crippen molar-refractivity contribution in [1.82, 2.24) is 15.1 Å². The molecule has 1 saturated heterocycles. The van der Waals surface area contributed by atoms with Crippen LogP contribution in [0.3, 0.4) is 0 Å². The number of thioether (sulfide) groups is 2. The third-order valence-electron chi connectivity index (χ3n) is 4.68. The van der Waals surface area contributed by atoms with E-state index in [0.29, 0.717) is 35.7 Å². The first-order chi connectivity index (χ1) is 13.1. The largest absolute Gasteiger partial charge is 0.289 e. The molecule has 28 heavy (non-hydrogen) atoms. The summed E-state index contributed by atoms with van der Waals surface area (Å²) in [7, 11) is -2.74. The van der Waals surface area contributed by atoms with E-state index in [-0.39, 0.29) is 30.0 Å². The summed E-state index contributed by atoms with van der Waals surface area (Å²) in [6.45, 7) is 11.8. The van der Waals surface area contributed by atoms with Gasteiger partial charge in [-0.15, -0.1) is 11.8 Å². The van der Waals surface area contributed by atoms with Gasteiger partial charge in [0.25, 0.3) is 0 Å². The lowest BCUT2D eigenvalue weighted by molar-refractivity contribution is -0.138. The van der Waals surface area contributed by atoms with Gasteiger partial charge in [-0.1, -0.05) is 34.6 Å².